The van der Waals surface area contributed by atoms with E-state index < -0.39 is 0 Å². The van der Waals surface area contributed by atoms with Gasteiger partial charge in [-0.2, -0.15) is 0 Å². The number of amides is 1. The number of rotatable bonds is 2. The topological polar surface area (TPSA) is 29.1 Å². The molecule has 1 aliphatic heterocycles. The minimum absolute atomic E-state index is 0.0328. The van der Waals surface area contributed by atoms with Gasteiger partial charge in [0.05, 0.1) is 12.5 Å². The Bertz CT molecular complexity index is 422. The van der Waals surface area contributed by atoms with Crippen LogP contribution < -0.4 is 5.32 Å². The second-order valence-corrected chi connectivity index (χ2v) is 4.39. The van der Waals surface area contributed by atoms with E-state index in [1.165, 1.54) is 4.90 Å². The van der Waals surface area contributed by atoms with Crippen LogP contribution in [-0.2, 0) is 4.79 Å². The van der Waals surface area contributed by atoms with Crippen molar-refractivity contribution < 1.29 is 4.79 Å². The summed E-state index contributed by atoms with van der Waals surface area (Å²) in [7, 11) is 0. The Balaban J connectivity index is 2.14. The molecule has 0 radical (unpaired) electrons. The molecule has 1 heterocycles. The molecule has 1 atom stereocenters. The van der Waals surface area contributed by atoms with Crippen molar-refractivity contribution in [3.63, 3.8) is 0 Å². The molecule has 1 amide bonds. The monoisotopic (exact) mass is 217 g/mol. The van der Waals surface area contributed by atoms with Crippen LogP contribution in [0.5, 0.6) is 0 Å². The second kappa shape index (κ2) is 4.41. The third-order valence-electron chi connectivity index (χ3n) is 2.38. The Morgan fingerprint density at radius 1 is 1.60 bits per heavy atom. The molecule has 3 heteroatoms. The Morgan fingerprint density at radius 2 is 2.40 bits per heavy atom. The highest BCUT2D eigenvalue weighted by Crippen LogP contribution is 2.39. The number of hydrogen-bond acceptors (Lipinski definition) is 2. The molecule has 0 spiro atoms. The van der Waals surface area contributed by atoms with E-state index in [9.17, 15) is 4.79 Å². The summed E-state index contributed by atoms with van der Waals surface area (Å²) in [5.41, 5.74) is 1.12. The van der Waals surface area contributed by atoms with Gasteiger partial charge in [0.15, 0.2) is 0 Å². The van der Waals surface area contributed by atoms with Crippen molar-refractivity contribution in [2.24, 2.45) is 0 Å². The number of carbonyl (C=O) groups is 1. The molecule has 2 rings (SSSR count). The smallest absolute Gasteiger partial charge is 0.229 e. The third kappa shape index (κ3) is 2.00. The molecular weight excluding hydrogens is 206 g/mol. The minimum Gasteiger partial charge on any atom is -0.345 e. The van der Waals surface area contributed by atoms with E-state index in [4.69, 9.17) is 6.42 Å². The summed E-state index contributed by atoms with van der Waals surface area (Å²) in [6.07, 6.45) is 5.10. The molecule has 15 heavy (non-hydrogen) atoms. The molecule has 0 aliphatic carbocycles. The Morgan fingerprint density at radius 3 is 3.20 bits per heavy atom. The van der Waals surface area contributed by atoms with E-state index in [2.05, 4.69) is 17.3 Å². The van der Waals surface area contributed by atoms with Crippen LogP contribution in [0.3, 0.4) is 0 Å². The number of nitrogens with one attached hydrogen (secondary N) is 1. The Labute approximate surface area is 93.4 Å². The first kappa shape index (κ1) is 10.1. The lowest BCUT2D eigenvalue weighted by molar-refractivity contribution is -0.121. The molecule has 0 saturated heterocycles. The van der Waals surface area contributed by atoms with Gasteiger partial charge in [-0.1, -0.05) is 24.1 Å². The Hall–Kier alpha value is -1.40. The van der Waals surface area contributed by atoms with Gasteiger partial charge in [-0.15, -0.1) is 18.2 Å². The van der Waals surface area contributed by atoms with E-state index >= 15 is 0 Å². The van der Waals surface area contributed by atoms with Crippen molar-refractivity contribution >= 4 is 17.7 Å². The first-order valence-electron chi connectivity index (χ1n) is 4.76. The molecule has 1 aliphatic rings. The summed E-state index contributed by atoms with van der Waals surface area (Å²) in [5.74, 6) is 3.21. The molecule has 0 aromatic heterocycles. The van der Waals surface area contributed by atoms with Crippen molar-refractivity contribution in [1.29, 1.82) is 0 Å². The lowest BCUT2D eigenvalue weighted by Crippen LogP contribution is -2.29. The maximum absolute atomic E-state index is 11.7. The predicted octanol–water partition coefficient (Wildman–Crippen LogP) is 1.63. The van der Waals surface area contributed by atoms with Crippen LogP contribution in [0.25, 0.3) is 0 Å². The average Bonchev–Trinajstić information content (AvgIpc) is 2.69. The molecule has 2 nitrogen and oxygen atoms in total. The van der Waals surface area contributed by atoms with Gasteiger partial charge in [0.1, 0.15) is 0 Å². The number of fused-ring (bicyclic) bond motifs is 1. The quantitative estimate of drug-likeness (QED) is 0.763. The van der Waals surface area contributed by atoms with Crippen LogP contribution in [0, 0.1) is 12.3 Å². The molecule has 1 N–H and O–H groups in total. The number of terminal acetylenes is 1. The number of carbonyl (C=O) groups excluding carboxylic acids is 1. The largest absolute Gasteiger partial charge is 0.345 e. The molecule has 76 valence electrons. The van der Waals surface area contributed by atoms with Crippen LogP contribution >= 0.6 is 11.8 Å². The van der Waals surface area contributed by atoms with E-state index in [-0.39, 0.29) is 11.8 Å². The fraction of sp³-hybridized carbons (Fsp3) is 0.250. The van der Waals surface area contributed by atoms with E-state index in [0.29, 0.717) is 6.54 Å². The van der Waals surface area contributed by atoms with Gasteiger partial charge in [0, 0.05) is 10.6 Å². The van der Waals surface area contributed by atoms with Crippen molar-refractivity contribution in [3.05, 3.63) is 29.8 Å². The van der Waals surface area contributed by atoms with Crippen LogP contribution in [-0.4, -0.2) is 18.2 Å². The molecular formula is C12H11NOS. The number of hydrogen-bond donors (Lipinski definition) is 1. The summed E-state index contributed by atoms with van der Waals surface area (Å²) in [4.78, 5) is 13.0. The minimum atomic E-state index is -0.0421. The lowest BCUT2D eigenvalue weighted by atomic mass is 10.0. The van der Waals surface area contributed by atoms with Gasteiger partial charge >= 0.3 is 0 Å². The first-order chi connectivity index (χ1) is 7.33. The van der Waals surface area contributed by atoms with E-state index in [0.717, 1.165) is 11.3 Å². The molecule has 1 aromatic carbocycles. The number of benzene rings is 1. The zero-order chi connectivity index (χ0) is 10.7. The van der Waals surface area contributed by atoms with Gasteiger partial charge in [-0.05, 0) is 11.6 Å². The van der Waals surface area contributed by atoms with Crippen molar-refractivity contribution in [2.45, 2.75) is 10.8 Å². The van der Waals surface area contributed by atoms with E-state index in [1.807, 2.05) is 18.2 Å². The summed E-state index contributed by atoms with van der Waals surface area (Å²) in [5, 5.41) is 2.73. The summed E-state index contributed by atoms with van der Waals surface area (Å²) in [6, 6.07) is 8.02. The SMILES string of the molecule is C#CCNC(=O)C1CSc2ccccc21. The van der Waals surface area contributed by atoms with Crippen LogP contribution in [0.15, 0.2) is 29.2 Å². The maximum atomic E-state index is 11.7. The molecule has 1 unspecified atom stereocenters. The van der Waals surface area contributed by atoms with Crippen molar-refractivity contribution in [3.8, 4) is 12.3 Å². The first-order valence-corrected chi connectivity index (χ1v) is 5.74. The molecule has 0 saturated carbocycles. The molecule has 0 bridgehead atoms. The van der Waals surface area contributed by atoms with Crippen LogP contribution in [0.1, 0.15) is 11.5 Å². The normalized spacial score (nSPS) is 17.9. The van der Waals surface area contributed by atoms with Crippen molar-refractivity contribution in [2.75, 3.05) is 12.3 Å². The predicted molar refractivity (Wildman–Crippen MR) is 61.7 cm³/mol. The van der Waals surface area contributed by atoms with Crippen LogP contribution in [0.2, 0.25) is 0 Å². The molecule has 1 aromatic rings. The molecule has 0 fully saturated rings. The summed E-state index contributed by atoms with van der Waals surface area (Å²) in [6.45, 7) is 0.308. The maximum Gasteiger partial charge on any atom is 0.229 e. The fourth-order valence-corrected chi connectivity index (χ4v) is 2.87. The third-order valence-corrected chi connectivity index (χ3v) is 3.56. The average molecular weight is 217 g/mol. The standard InChI is InChI=1S/C12H11NOS/c1-2-7-13-12(14)10-8-15-11-6-4-3-5-9(10)11/h1,3-6,10H,7-8H2,(H,13,14). The van der Waals surface area contributed by atoms with Gasteiger partial charge in [0.25, 0.3) is 0 Å². The highest BCUT2D eigenvalue weighted by atomic mass is 32.2. The van der Waals surface area contributed by atoms with Gasteiger partial charge in [0.2, 0.25) is 5.91 Å². The van der Waals surface area contributed by atoms with E-state index in [1.54, 1.807) is 11.8 Å². The highest BCUT2D eigenvalue weighted by molar-refractivity contribution is 7.99. The van der Waals surface area contributed by atoms with Crippen LogP contribution in [0.4, 0.5) is 0 Å². The Kier molecular flexibility index (Phi) is 2.98. The van der Waals surface area contributed by atoms with Gasteiger partial charge in [-0.25, -0.2) is 0 Å². The fourth-order valence-electron chi connectivity index (χ4n) is 1.64. The number of thioether (sulfide) groups is 1. The summed E-state index contributed by atoms with van der Waals surface area (Å²) >= 11 is 1.73. The summed E-state index contributed by atoms with van der Waals surface area (Å²) < 4.78 is 0. The van der Waals surface area contributed by atoms with Gasteiger partial charge < -0.3 is 5.32 Å². The lowest BCUT2D eigenvalue weighted by Gasteiger charge is -2.09. The van der Waals surface area contributed by atoms with Gasteiger partial charge in [-0.3, -0.25) is 4.79 Å². The second-order valence-electron chi connectivity index (χ2n) is 3.32. The zero-order valence-corrected chi connectivity index (χ0v) is 9.01. The van der Waals surface area contributed by atoms with Crippen molar-refractivity contribution in [1.82, 2.24) is 5.32 Å². The highest BCUT2D eigenvalue weighted by Gasteiger charge is 2.28. The zero-order valence-electron chi connectivity index (χ0n) is 8.19.